The summed E-state index contributed by atoms with van der Waals surface area (Å²) < 4.78 is 20.3. The molecular weight excluding hydrogens is 787 g/mol. The van der Waals surface area contributed by atoms with E-state index in [2.05, 4.69) is 31.9 Å². The highest BCUT2D eigenvalue weighted by molar-refractivity contribution is 9.13. The molecule has 2 aliphatic heterocycles. The molecule has 2 saturated heterocycles. The van der Waals surface area contributed by atoms with Crippen molar-refractivity contribution in [2.75, 3.05) is 16.9 Å². The molecule has 4 amide bonds. The van der Waals surface area contributed by atoms with Crippen LogP contribution in [-0.4, -0.2) is 41.6 Å². The fourth-order valence-electron chi connectivity index (χ4n) is 8.31. The van der Waals surface area contributed by atoms with Crippen molar-refractivity contribution in [1.29, 1.82) is 0 Å². The number of Topliss-reactive ketones (excluding diaryl/α,β-unsaturated/α-hetero) is 1. The van der Waals surface area contributed by atoms with E-state index in [9.17, 15) is 33.5 Å². The Hall–Kier alpha value is -3.87. The van der Waals surface area contributed by atoms with Crippen LogP contribution < -0.4 is 14.5 Å². The third-order valence-corrected chi connectivity index (χ3v) is 13.1. The van der Waals surface area contributed by atoms with Gasteiger partial charge in [-0.1, -0.05) is 23.3 Å². The summed E-state index contributed by atoms with van der Waals surface area (Å²) in [6.45, 7) is 3.14. The van der Waals surface area contributed by atoms with E-state index in [-0.39, 0.29) is 51.2 Å². The fraction of sp³-hybridized carbons (Fsp3) is 0.306. The molecule has 3 aromatic carbocycles. The molecule has 3 fully saturated rings. The summed E-state index contributed by atoms with van der Waals surface area (Å²) in [5, 5.41) is 10.5. The first-order valence-corrected chi connectivity index (χ1v) is 17.5. The normalized spacial score (nSPS) is 27.6. The molecule has 13 heteroatoms. The van der Waals surface area contributed by atoms with Crippen LogP contribution >= 0.6 is 43.5 Å². The van der Waals surface area contributed by atoms with Crippen LogP contribution in [0.15, 0.2) is 69.1 Å². The molecule has 2 aliphatic carbocycles. The number of fused-ring (bicyclic) bond motifs is 4. The molecule has 2 heterocycles. The lowest BCUT2D eigenvalue weighted by Crippen LogP contribution is -2.49. The second kappa shape index (κ2) is 11.9. The number of ether oxygens (including phenoxy) is 1. The molecule has 1 saturated carbocycles. The van der Waals surface area contributed by atoms with Gasteiger partial charge in [-0.2, -0.15) is 0 Å². The van der Waals surface area contributed by atoms with Gasteiger partial charge in [0, 0.05) is 16.0 Å². The summed E-state index contributed by atoms with van der Waals surface area (Å²) in [7, 11) is 1.39. The van der Waals surface area contributed by atoms with Crippen LogP contribution in [0.4, 0.5) is 15.8 Å². The third kappa shape index (κ3) is 4.77. The lowest BCUT2D eigenvalue weighted by Gasteiger charge is -2.49. The SMILES string of the molecule is COc1cc([C@H]2C3=CC[C@@H]4C(=O)N(c5ccc(C(C)=O)cc5)C(=O)[C@@H]4[C@@H]3C[C@H]3C(=O)N(c4ccc(F)c(Cl)c4)C(=O)[C@@]23C)c(Br)c(Br)c1O. The van der Waals surface area contributed by atoms with Crippen molar-refractivity contribution in [2.45, 2.75) is 32.6 Å². The number of hydrogen-bond donors (Lipinski definition) is 1. The van der Waals surface area contributed by atoms with Crippen molar-refractivity contribution >= 4 is 84.2 Å². The van der Waals surface area contributed by atoms with E-state index in [0.717, 1.165) is 21.4 Å². The molecule has 9 nitrogen and oxygen atoms in total. The van der Waals surface area contributed by atoms with Crippen molar-refractivity contribution in [3.8, 4) is 11.5 Å². The standard InChI is InChI=1S/C36H28Br2ClFN2O7/c1-15(43)16-4-6-17(7-5-16)41-32(45)20-10-9-19-21(27(20)34(41)47)13-23-33(46)42(18-8-11-25(40)24(39)12-18)35(48)36(23,2)28(19)22-14-26(49-3)31(44)30(38)29(22)37/h4-9,11-12,14,20-21,23,27-28,44H,10,13H2,1-3H3/t20-,21+,23-,27-,28+,36+/m0/s1. The van der Waals surface area contributed by atoms with E-state index in [1.807, 2.05) is 6.08 Å². The Labute approximate surface area is 302 Å². The lowest BCUT2D eigenvalue weighted by atomic mass is 9.51. The maximum atomic E-state index is 14.7. The number of aromatic hydroxyl groups is 1. The number of methoxy groups -OCH3 is 1. The Kier molecular flexibility index (Phi) is 8.15. The Morgan fingerprint density at radius 2 is 1.63 bits per heavy atom. The fourth-order valence-corrected chi connectivity index (χ4v) is 9.44. The van der Waals surface area contributed by atoms with Crippen LogP contribution in [0.5, 0.6) is 11.5 Å². The minimum atomic E-state index is -1.41. The first-order valence-electron chi connectivity index (χ1n) is 15.5. The van der Waals surface area contributed by atoms with E-state index in [0.29, 0.717) is 21.3 Å². The zero-order valence-corrected chi connectivity index (χ0v) is 30.2. The molecule has 7 rings (SSSR count). The van der Waals surface area contributed by atoms with Gasteiger partial charge in [0.25, 0.3) is 0 Å². The summed E-state index contributed by atoms with van der Waals surface area (Å²) >= 11 is 13.1. The highest BCUT2D eigenvalue weighted by Crippen LogP contribution is 2.65. The quantitative estimate of drug-likeness (QED) is 0.163. The molecule has 4 aliphatic rings. The molecule has 252 valence electrons. The topological polar surface area (TPSA) is 121 Å². The van der Waals surface area contributed by atoms with E-state index >= 15 is 0 Å². The van der Waals surface area contributed by atoms with Crippen molar-refractivity contribution in [1.82, 2.24) is 0 Å². The highest BCUT2D eigenvalue weighted by Gasteiger charge is 2.68. The predicted octanol–water partition coefficient (Wildman–Crippen LogP) is 7.36. The molecular formula is C36H28Br2ClFN2O7. The van der Waals surface area contributed by atoms with Crippen LogP contribution in [0.25, 0.3) is 0 Å². The van der Waals surface area contributed by atoms with Crippen LogP contribution in [0.2, 0.25) is 5.02 Å². The van der Waals surface area contributed by atoms with Gasteiger partial charge < -0.3 is 9.84 Å². The van der Waals surface area contributed by atoms with Gasteiger partial charge >= 0.3 is 0 Å². The van der Waals surface area contributed by atoms with Gasteiger partial charge in [-0.15, -0.1) is 0 Å². The number of rotatable bonds is 5. The number of carbonyl (C=O) groups excluding carboxylic acids is 5. The number of anilines is 2. The van der Waals surface area contributed by atoms with E-state index in [1.54, 1.807) is 37.3 Å². The Bertz CT molecular complexity index is 2050. The van der Waals surface area contributed by atoms with Crippen LogP contribution in [-0.2, 0) is 19.2 Å². The molecule has 49 heavy (non-hydrogen) atoms. The van der Waals surface area contributed by atoms with Gasteiger partial charge in [-0.25, -0.2) is 9.29 Å². The molecule has 0 spiro atoms. The largest absolute Gasteiger partial charge is 0.503 e. The predicted molar refractivity (Wildman–Crippen MR) is 185 cm³/mol. The number of ketones is 1. The van der Waals surface area contributed by atoms with Crippen molar-refractivity contribution in [3.63, 3.8) is 0 Å². The summed E-state index contributed by atoms with van der Waals surface area (Å²) in [6, 6.07) is 11.5. The average molecular weight is 815 g/mol. The molecule has 3 aromatic rings. The second-order valence-electron chi connectivity index (χ2n) is 13.0. The molecule has 0 bridgehead atoms. The second-order valence-corrected chi connectivity index (χ2v) is 15.0. The monoisotopic (exact) mass is 812 g/mol. The Morgan fingerprint density at radius 1 is 0.959 bits per heavy atom. The number of phenols is 1. The minimum Gasteiger partial charge on any atom is -0.503 e. The summed E-state index contributed by atoms with van der Waals surface area (Å²) in [6.07, 6.45) is 2.22. The number of amides is 4. The summed E-state index contributed by atoms with van der Waals surface area (Å²) in [5.74, 6) is -6.70. The van der Waals surface area contributed by atoms with Gasteiger partial charge in [-0.05, 0) is 119 Å². The van der Waals surface area contributed by atoms with E-state index in [4.69, 9.17) is 16.3 Å². The number of nitrogens with zero attached hydrogens (tertiary/aromatic N) is 2. The van der Waals surface area contributed by atoms with Crippen molar-refractivity contribution in [3.05, 3.63) is 91.1 Å². The van der Waals surface area contributed by atoms with Gasteiger partial charge in [0.2, 0.25) is 23.6 Å². The van der Waals surface area contributed by atoms with Crippen LogP contribution in [0.1, 0.15) is 48.5 Å². The number of phenolic OH excluding ortho intramolecular Hbond substituents is 1. The lowest BCUT2D eigenvalue weighted by molar-refractivity contribution is -0.131. The number of hydrogen-bond acceptors (Lipinski definition) is 7. The maximum absolute atomic E-state index is 14.7. The first-order chi connectivity index (χ1) is 23.2. The van der Waals surface area contributed by atoms with Crippen molar-refractivity contribution < 1.29 is 38.2 Å². The molecule has 6 atom stereocenters. The van der Waals surface area contributed by atoms with Gasteiger partial charge in [0.05, 0.1) is 51.1 Å². The number of carbonyl (C=O) groups is 5. The smallest absolute Gasteiger partial charge is 0.241 e. The Morgan fingerprint density at radius 3 is 2.27 bits per heavy atom. The van der Waals surface area contributed by atoms with Crippen LogP contribution in [0, 0.1) is 34.9 Å². The number of imide groups is 2. The maximum Gasteiger partial charge on any atom is 0.241 e. The van der Waals surface area contributed by atoms with Gasteiger partial charge in [-0.3, -0.25) is 28.9 Å². The molecule has 0 unspecified atom stereocenters. The van der Waals surface area contributed by atoms with Gasteiger partial charge in [0.1, 0.15) is 5.82 Å². The highest BCUT2D eigenvalue weighted by atomic mass is 79.9. The average Bonchev–Trinajstić information content (AvgIpc) is 3.45. The minimum absolute atomic E-state index is 0.0974. The molecule has 1 N–H and O–H groups in total. The number of allylic oxidation sites excluding steroid dienone is 2. The third-order valence-electron chi connectivity index (χ3n) is 10.7. The number of benzene rings is 3. The first kappa shape index (κ1) is 33.6. The van der Waals surface area contributed by atoms with Crippen LogP contribution in [0.3, 0.4) is 0 Å². The molecule has 0 radical (unpaired) electrons. The van der Waals surface area contributed by atoms with E-state index in [1.165, 1.54) is 26.2 Å². The van der Waals surface area contributed by atoms with Gasteiger partial charge in [0.15, 0.2) is 17.3 Å². The number of halogens is 4. The summed E-state index contributed by atoms with van der Waals surface area (Å²) in [5.41, 5.74) is 0.727. The molecule has 0 aromatic heterocycles. The zero-order chi connectivity index (χ0) is 35.3. The zero-order valence-electron chi connectivity index (χ0n) is 26.3. The van der Waals surface area contributed by atoms with E-state index < -0.39 is 58.5 Å². The summed E-state index contributed by atoms with van der Waals surface area (Å²) in [4.78, 5) is 71.4. The Balaban J connectivity index is 1.39. The van der Waals surface area contributed by atoms with Crippen molar-refractivity contribution in [2.24, 2.45) is 29.1 Å².